The third-order valence-corrected chi connectivity index (χ3v) is 3.42. The minimum absolute atomic E-state index is 0.106. The van der Waals surface area contributed by atoms with Crippen LogP contribution < -0.4 is 0 Å². The minimum Gasteiger partial charge on any atom is -0.372 e. The fourth-order valence-electron chi connectivity index (χ4n) is 1.32. The SMILES string of the molecule is CCOCC(=O)N(C)C1CCSC1. The summed E-state index contributed by atoms with van der Waals surface area (Å²) in [4.78, 5) is 13.3. The molecule has 1 saturated heterocycles. The van der Waals surface area contributed by atoms with Crippen molar-refractivity contribution in [2.75, 3.05) is 31.8 Å². The molecule has 1 heterocycles. The van der Waals surface area contributed by atoms with Gasteiger partial charge in [0.25, 0.3) is 0 Å². The lowest BCUT2D eigenvalue weighted by molar-refractivity contribution is -0.136. The second-order valence-corrected chi connectivity index (χ2v) is 4.31. The highest BCUT2D eigenvalue weighted by Gasteiger charge is 2.23. The van der Waals surface area contributed by atoms with Gasteiger partial charge in [0.2, 0.25) is 5.91 Å². The first kappa shape index (κ1) is 10.9. The smallest absolute Gasteiger partial charge is 0.248 e. The quantitative estimate of drug-likeness (QED) is 0.682. The Bertz CT molecular complexity index is 169. The van der Waals surface area contributed by atoms with Gasteiger partial charge < -0.3 is 9.64 Å². The lowest BCUT2D eigenvalue weighted by Gasteiger charge is -2.23. The summed E-state index contributed by atoms with van der Waals surface area (Å²) in [6, 6.07) is 0.429. The zero-order valence-corrected chi connectivity index (χ0v) is 9.10. The number of carbonyl (C=O) groups is 1. The standard InChI is InChI=1S/C9H17NO2S/c1-3-12-6-9(11)10(2)8-4-5-13-7-8/h8H,3-7H2,1-2H3. The first-order valence-electron chi connectivity index (χ1n) is 4.67. The molecule has 0 aliphatic carbocycles. The Morgan fingerprint density at radius 2 is 2.46 bits per heavy atom. The third-order valence-electron chi connectivity index (χ3n) is 2.28. The van der Waals surface area contributed by atoms with Crippen LogP contribution in [0, 0.1) is 0 Å². The van der Waals surface area contributed by atoms with Crippen LogP contribution in [0.3, 0.4) is 0 Å². The highest BCUT2D eigenvalue weighted by atomic mass is 32.2. The highest BCUT2D eigenvalue weighted by molar-refractivity contribution is 7.99. The van der Waals surface area contributed by atoms with Gasteiger partial charge in [0.1, 0.15) is 6.61 Å². The molecule has 1 aliphatic heterocycles. The number of rotatable bonds is 4. The summed E-state index contributed by atoms with van der Waals surface area (Å²) in [7, 11) is 1.87. The van der Waals surface area contributed by atoms with Gasteiger partial charge in [-0.1, -0.05) is 0 Å². The van der Waals surface area contributed by atoms with Gasteiger partial charge in [0.15, 0.2) is 0 Å². The van der Waals surface area contributed by atoms with Gasteiger partial charge in [-0.15, -0.1) is 0 Å². The molecule has 0 bridgehead atoms. The maximum absolute atomic E-state index is 11.5. The van der Waals surface area contributed by atoms with Gasteiger partial charge in [0, 0.05) is 25.4 Å². The summed E-state index contributed by atoms with van der Waals surface area (Å²) in [5, 5.41) is 0. The molecule has 13 heavy (non-hydrogen) atoms. The predicted molar refractivity (Wildman–Crippen MR) is 55.0 cm³/mol. The minimum atomic E-state index is 0.106. The van der Waals surface area contributed by atoms with Crippen LogP contribution in [0.1, 0.15) is 13.3 Å². The van der Waals surface area contributed by atoms with E-state index in [1.165, 1.54) is 5.75 Å². The second-order valence-electron chi connectivity index (χ2n) is 3.16. The van der Waals surface area contributed by atoms with Crippen molar-refractivity contribution in [3.05, 3.63) is 0 Å². The molecule has 0 aromatic heterocycles. The van der Waals surface area contributed by atoms with E-state index in [-0.39, 0.29) is 12.5 Å². The fourth-order valence-corrected chi connectivity index (χ4v) is 2.59. The van der Waals surface area contributed by atoms with Crippen molar-refractivity contribution >= 4 is 17.7 Å². The zero-order valence-electron chi connectivity index (χ0n) is 8.28. The van der Waals surface area contributed by atoms with Crippen LogP contribution in [-0.4, -0.2) is 48.6 Å². The molecule has 1 atom stereocenters. The monoisotopic (exact) mass is 203 g/mol. The van der Waals surface area contributed by atoms with Crippen LogP contribution in [0.5, 0.6) is 0 Å². The highest BCUT2D eigenvalue weighted by Crippen LogP contribution is 2.21. The van der Waals surface area contributed by atoms with Crippen molar-refractivity contribution in [2.24, 2.45) is 0 Å². The summed E-state index contributed by atoms with van der Waals surface area (Å²) >= 11 is 1.92. The van der Waals surface area contributed by atoms with Crippen LogP contribution >= 0.6 is 11.8 Å². The molecular weight excluding hydrogens is 186 g/mol. The van der Waals surface area contributed by atoms with Gasteiger partial charge in [-0.3, -0.25) is 4.79 Å². The molecular formula is C9H17NO2S. The summed E-state index contributed by atoms with van der Waals surface area (Å²) in [6.07, 6.45) is 1.12. The number of ether oxygens (including phenoxy) is 1. The van der Waals surface area contributed by atoms with E-state index in [2.05, 4.69) is 0 Å². The Hall–Kier alpha value is -0.220. The maximum Gasteiger partial charge on any atom is 0.248 e. The zero-order chi connectivity index (χ0) is 9.68. The average Bonchev–Trinajstić information content (AvgIpc) is 2.65. The van der Waals surface area contributed by atoms with E-state index in [9.17, 15) is 4.79 Å². The number of hydrogen-bond acceptors (Lipinski definition) is 3. The van der Waals surface area contributed by atoms with Crippen molar-refractivity contribution in [3.8, 4) is 0 Å². The van der Waals surface area contributed by atoms with Crippen LogP contribution in [0.2, 0.25) is 0 Å². The van der Waals surface area contributed by atoms with E-state index >= 15 is 0 Å². The van der Waals surface area contributed by atoms with Crippen molar-refractivity contribution in [1.29, 1.82) is 0 Å². The van der Waals surface area contributed by atoms with Crippen LogP contribution in [0.4, 0.5) is 0 Å². The summed E-state index contributed by atoms with van der Waals surface area (Å²) in [5.41, 5.74) is 0. The van der Waals surface area contributed by atoms with Gasteiger partial charge in [-0.2, -0.15) is 11.8 Å². The first-order chi connectivity index (χ1) is 6.25. The van der Waals surface area contributed by atoms with Crippen molar-refractivity contribution in [1.82, 2.24) is 4.90 Å². The molecule has 0 radical (unpaired) electrons. The van der Waals surface area contributed by atoms with E-state index in [1.54, 1.807) is 0 Å². The number of carbonyl (C=O) groups excluding carboxylic acids is 1. The molecule has 1 rings (SSSR count). The van der Waals surface area contributed by atoms with Crippen molar-refractivity contribution in [2.45, 2.75) is 19.4 Å². The number of amides is 1. The fraction of sp³-hybridized carbons (Fsp3) is 0.889. The molecule has 0 N–H and O–H groups in total. The Morgan fingerprint density at radius 3 is 3.00 bits per heavy atom. The topological polar surface area (TPSA) is 29.5 Å². The van der Waals surface area contributed by atoms with E-state index in [0.717, 1.165) is 12.2 Å². The number of likely N-dealkylation sites (N-methyl/N-ethyl adjacent to an activating group) is 1. The number of thioether (sulfide) groups is 1. The Morgan fingerprint density at radius 1 is 1.69 bits per heavy atom. The molecule has 0 aromatic carbocycles. The molecule has 1 unspecified atom stereocenters. The molecule has 0 saturated carbocycles. The molecule has 0 spiro atoms. The number of nitrogens with zero attached hydrogens (tertiary/aromatic N) is 1. The molecule has 1 aliphatic rings. The van der Waals surface area contributed by atoms with E-state index in [4.69, 9.17) is 4.74 Å². The van der Waals surface area contributed by atoms with Crippen molar-refractivity contribution in [3.63, 3.8) is 0 Å². The second kappa shape index (κ2) is 5.50. The summed E-state index contributed by atoms with van der Waals surface area (Å²) in [6.45, 7) is 2.74. The van der Waals surface area contributed by atoms with Crippen LogP contribution in [-0.2, 0) is 9.53 Å². The van der Waals surface area contributed by atoms with Gasteiger partial charge in [-0.05, 0) is 19.1 Å². The van der Waals surface area contributed by atoms with Crippen LogP contribution in [0.25, 0.3) is 0 Å². The normalized spacial score (nSPS) is 21.8. The molecule has 76 valence electrons. The Balaban J connectivity index is 2.28. The molecule has 4 heteroatoms. The Kier molecular flexibility index (Phi) is 4.59. The molecule has 1 fully saturated rings. The largest absolute Gasteiger partial charge is 0.372 e. The number of hydrogen-bond donors (Lipinski definition) is 0. The maximum atomic E-state index is 11.5. The molecule has 3 nitrogen and oxygen atoms in total. The van der Waals surface area contributed by atoms with Crippen LogP contribution in [0.15, 0.2) is 0 Å². The lowest BCUT2D eigenvalue weighted by Crippen LogP contribution is -2.39. The van der Waals surface area contributed by atoms with Gasteiger partial charge in [0.05, 0.1) is 0 Å². The van der Waals surface area contributed by atoms with E-state index < -0.39 is 0 Å². The van der Waals surface area contributed by atoms with E-state index in [1.807, 2.05) is 30.6 Å². The summed E-state index contributed by atoms with van der Waals surface area (Å²) < 4.78 is 5.08. The summed E-state index contributed by atoms with van der Waals surface area (Å²) in [5.74, 6) is 2.36. The Labute approximate surface area is 83.8 Å². The van der Waals surface area contributed by atoms with Gasteiger partial charge in [-0.25, -0.2) is 0 Å². The molecule has 1 amide bonds. The van der Waals surface area contributed by atoms with E-state index in [0.29, 0.717) is 12.6 Å². The average molecular weight is 203 g/mol. The van der Waals surface area contributed by atoms with Gasteiger partial charge >= 0.3 is 0 Å². The lowest BCUT2D eigenvalue weighted by atomic mass is 10.2. The van der Waals surface area contributed by atoms with Crippen molar-refractivity contribution < 1.29 is 9.53 Å². The predicted octanol–water partition coefficient (Wildman–Crippen LogP) is 0.987. The molecule has 0 aromatic rings. The third kappa shape index (κ3) is 3.19. The first-order valence-corrected chi connectivity index (χ1v) is 5.82.